The summed E-state index contributed by atoms with van der Waals surface area (Å²) < 4.78 is 5.05. The Hall–Kier alpha value is -1.16. The number of rotatable bonds is 3. The Morgan fingerprint density at radius 1 is 1.50 bits per heavy atom. The van der Waals surface area contributed by atoms with Crippen LogP contribution in [0.15, 0.2) is 12.4 Å². The molecule has 1 aromatic rings. The molecule has 0 radical (unpaired) electrons. The first-order chi connectivity index (χ1) is 6.74. The normalized spacial score (nSPS) is 27.1. The van der Waals surface area contributed by atoms with Crippen molar-refractivity contribution in [3.05, 3.63) is 18.1 Å². The third-order valence-corrected chi connectivity index (χ3v) is 2.74. The molecule has 1 fully saturated rings. The van der Waals surface area contributed by atoms with Crippen LogP contribution in [0.4, 0.5) is 0 Å². The summed E-state index contributed by atoms with van der Waals surface area (Å²) in [5.41, 5.74) is 0.560. The molecule has 3 atom stereocenters. The molecule has 3 unspecified atom stereocenters. The second kappa shape index (κ2) is 3.53. The SMILES string of the molecule is COc1nccnc1C(O)C1CC1C. The summed E-state index contributed by atoms with van der Waals surface area (Å²) in [6, 6.07) is 0. The Kier molecular flexibility index (Phi) is 2.37. The van der Waals surface area contributed by atoms with Crippen LogP contribution in [0.5, 0.6) is 5.88 Å². The van der Waals surface area contributed by atoms with E-state index < -0.39 is 6.10 Å². The van der Waals surface area contributed by atoms with Gasteiger partial charge in [0.25, 0.3) is 0 Å². The maximum absolute atomic E-state index is 9.96. The lowest BCUT2D eigenvalue weighted by Crippen LogP contribution is -2.07. The van der Waals surface area contributed by atoms with Gasteiger partial charge < -0.3 is 9.84 Å². The molecule has 1 heterocycles. The first kappa shape index (κ1) is 9.40. The van der Waals surface area contributed by atoms with E-state index in [1.54, 1.807) is 12.4 Å². The van der Waals surface area contributed by atoms with Gasteiger partial charge in [0, 0.05) is 12.4 Å². The van der Waals surface area contributed by atoms with Crippen molar-refractivity contribution in [2.45, 2.75) is 19.4 Å². The van der Waals surface area contributed by atoms with Crippen LogP contribution in [-0.4, -0.2) is 22.2 Å². The van der Waals surface area contributed by atoms with Gasteiger partial charge >= 0.3 is 0 Å². The molecule has 14 heavy (non-hydrogen) atoms. The molecule has 0 bridgehead atoms. The van der Waals surface area contributed by atoms with Gasteiger partial charge in [0.15, 0.2) is 0 Å². The highest BCUT2D eigenvalue weighted by Crippen LogP contribution is 2.47. The average Bonchev–Trinajstić information content (AvgIpc) is 2.94. The van der Waals surface area contributed by atoms with Crippen molar-refractivity contribution in [1.82, 2.24) is 9.97 Å². The summed E-state index contributed by atoms with van der Waals surface area (Å²) in [4.78, 5) is 8.12. The van der Waals surface area contributed by atoms with Crippen molar-refractivity contribution < 1.29 is 9.84 Å². The Morgan fingerprint density at radius 3 is 2.71 bits per heavy atom. The molecule has 0 saturated heterocycles. The van der Waals surface area contributed by atoms with E-state index in [-0.39, 0.29) is 0 Å². The fraction of sp³-hybridized carbons (Fsp3) is 0.600. The van der Waals surface area contributed by atoms with Crippen molar-refractivity contribution in [3.8, 4) is 5.88 Å². The number of aliphatic hydroxyl groups excluding tert-OH is 1. The molecule has 0 aromatic carbocycles. The second-order valence-corrected chi connectivity index (χ2v) is 3.77. The quantitative estimate of drug-likeness (QED) is 0.784. The minimum absolute atomic E-state index is 0.320. The lowest BCUT2D eigenvalue weighted by molar-refractivity contribution is 0.138. The number of nitrogens with zero attached hydrogens (tertiary/aromatic N) is 2. The molecule has 2 rings (SSSR count). The van der Waals surface area contributed by atoms with Crippen molar-refractivity contribution in [1.29, 1.82) is 0 Å². The predicted octanol–water partition coefficient (Wildman–Crippen LogP) is 1.17. The smallest absolute Gasteiger partial charge is 0.238 e. The van der Waals surface area contributed by atoms with Crippen molar-refractivity contribution in [2.24, 2.45) is 11.8 Å². The van der Waals surface area contributed by atoms with Crippen molar-refractivity contribution in [2.75, 3.05) is 7.11 Å². The molecule has 0 spiro atoms. The predicted molar refractivity (Wildman–Crippen MR) is 50.8 cm³/mol. The zero-order valence-corrected chi connectivity index (χ0v) is 8.34. The highest BCUT2D eigenvalue weighted by Gasteiger charge is 2.41. The van der Waals surface area contributed by atoms with Crippen LogP contribution in [0.2, 0.25) is 0 Å². The van der Waals surface area contributed by atoms with Crippen LogP contribution in [-0.2, 0) is 0 Å². The van der Waals surface area contributed by atoms with Crippen LogP contribution in [0.3, 0.4) is 0 Å². The van der Waals surface area contributed by atoms with Gasteiger partial charge in [-0.05, 0) is 18.3 Å². The van der Waals surface area contributed by atoms with Crippen molar-refractivity contribution >= 4 is 0 Å². The molecule has 1 aliphatic carbocycles. The summed E-state index contributed by atoms with van der Waals surface area (Å²) >= 11 is 0. The van der Waals surface area contributed by atoms with Crippen LogP contribution in [0.1, 0.15) is 25.1 Å². The summed E-state index contributed by atoms with van der Waals surface area (Å²) in [5, 5.41) is 9.96. The third-order valence-electron chi connectivity index (χ3n) is 2.74. The zero-order chi connectivity index (χ0) is 10.1. The van der Waals surface area contributed by atoms with Crippen LogP contribution < -0.4 is 4.74 Å². The number of aliphatic hydroxyl groups is 1. The Bertz CT molecular complexity index is 330. The molecule has 1 saturated carbocycles. The van der Waals surface area contributed by atoms with E-state index in [1.165, 1.54) is 7.11 Å². The molecular weight excluding hydrogens is 180 g/mol. The molecule has 4 heteroatoms. The highest BCUT2D eigenvalue weighted by molar-refractivity contribution is 5.21. The molecular formula is C10H14N2O2. The minimum Gasteiger partial charge on any atom is -0.480 e. The average molecular weight is 194 g/mol. The summed E-state index contributed by atoms with van der Waals surface area (Å²) in [6.45, 7) is 2.12. The molecule has 76 valence electrons. The first-order valence-corrected chi connectivity index (χ1v) is 4.77. The van der Waals surface area contributed by atoms with E-state index in [9.17, 15) is 5.11 Å². The standard InChI is InChI=1S/C10H14N2O2/c1-6-5-7(6)9(13)8-10(14-2)12-4-3-11-8/h3-4,6-7,9,13H,5H2,1-2H3. The third kappa shape index (κ3) is 1.57. The van der Waals surface area contributed by atoms with E-state index >= 15 is 0 Å². The van der Waals surface area contributed by atoms with Gasteiger partial charge in [-0.3, -0.25) is 4.98 Å². The van der Waals surface area contributed by atoms with Gasteiger partial charge in [0.2, 0.25) is 5.88 Å². The molecule has 0 aliphatic heterocycles. The van der Waals surface area contributed by atoms with E-state index in [4.69, 9.17) is 4.74 Å². The van der Waals surface area contributed by atoms with Crippen LogP contribution in [0.25, 0.3) is 0 Å². The molecule has 1 N–H and O–H groups in total. The molecule has 4 nitrogen and oxygen atoms in total. The van der Waals surface area contributed by atoms with Gasteiger partial charge in [-0.1, -0.05) is 6.92 Å². The fourth-order valence-corrected chi connectivity index (χ4v) is 1.69. The van der Waals surface area contributed by atoms with E-state index in [2.05, 4.69) is 16.9 Å². The maximum atomic E-state index is 9.96. The van der Waals surface area contributed by atoms with E-state index in [0.29, 0.717) is 23.4 Å². The summed E-state index contributed by atoms with van der Waals surface area (Å²) in [7, 11) is 1.54. The van der Waals surface area contributed by atoms with Gasteiger partial charge in [0.05, 0.1) is 7.11 Å². The molecule has 1 aromatic heterocycles. The zero-order valence-electron chi connectivity index (χ0n) is 8.34. The highest BCUT2D eigenvalue weighted by atomic mass is 16.5. The lowest BCUT2D eigenvalue weighted by atomic mass is 10.1. The van der Waals surface area contributed by atoms with Gasteiger partial charge in [-0.25, -0.2) is 4.98 Å². The topological polar surface area (TPSA) is 55.2 Å². The fourth-order valence-electron chi connectivity index (χ4n) is 1.69. The van der Waals surface area contributed by atoms with Gasteiger partial charge in [-0.15, -0.1) is 0 Å². The number of aromatic nitrogens is 2. The number of hydrogen-bond acceptors (Lipinski definition) is 4. The largest absolute Gasteiger partial charge is 0.480 e. The number of hydrogen-bond donors (Lipinski definition) is 1. The van der Waals surface area contributed by atoms with Crippen LogP contribution in [0, 0.1) is 11.8 Å². The monoisotopic (exact) mass is 194 g/mol. The Morgan fingerprint density at radius 2 is 2.14 bits per heavy atom. The second-order valence-electron chi connectivity index (χ2n) is 3.77. The molecule has 1 aliphatic rings. The van der Waals surface area contributed by atoms with Gasteiger partial charge in [-0.2, -0.15) is 0 Å². The Balaban J connectivity index is 2.22. The molecule has 0 amide bonds. The summed E-state index contributed by atoms with van der Waals surface area (Å²) in [5.74, 6) is 1.33. The van der Waals surface area contributed by atoms with E-state index in [0.717, 1.165) is 6.42 Å². The Labute approximate surface area is 83.0 Å². The lowest BCUT2D eigenvalue weighted by Gasteiger charge is -2.11. The number of methoxy groups -OCH3 is 1. The minimum atomic E-state index is -0.534. The number of ether oxygens (including phenoxy) is 1. The van der Waals surface area contributed by atoms with E-state index in [1.807, 2.05) is 0 Å². The van der Waals surface area contributed by atoms with Crippen LogP contribution >= 0.6 is 0 Å². The van der Waals surface area contributed by atoms with Gasteiger partial charge in [0.1, 0.15) is 11.8 Å². The summed E-state index contributed by atoms with van der Waals surface area (Å²) in [6.07, 6.45) is 3.66. The van der Waals surface area contributed by atoms with Crippen molar-refractivity contribution in [3.63, 3.8) is 0 Å². The first-order valence-electron chi connectivity index (χ1n) is 4.77. The maximum Gasteiger partial charge on any atom is 0.238 e.